The minimum atomic E-state index is -0.844. The first-order chi connectivity index (χ1) is 8.04. The molecule has 0 N–H and O–H groups in total. The van der Waals surface area contributed by atoms with Gasteiger partial charge >= 0.3 is 17.8 Å². The van der Waals surface area contributed by atoms with Gasteiger partial charge in [0, 0.05) is 14.1 Å². The number of para-hydroxylation sites is 1. The third kappa shape index (κ3) is 1.68. The summed E-state index contributed by atoms with van der Waals surface area (Å²) >= 11 is 0. The van der Waals surface area contributed by atoms with E-state index in [1.807, 2.05) is 0 Å². The lowest BCUT2D eigenvalue weighted by Gasteiger charge is -2.20. The fourth-order valence-corrected chi connectivity index (χ4v) is 1.61. The van der Waals surface area contributed by atoms with Crippen molar-refractivity contribution in [1.82, 2.24) is 10.0 Å². The van der Waals surface area contributed by atoms with Crippen LogP contribution in [0.4, 0.5) is 10.5 Å². The number of anilines is 1. The molecule has 0 spiro atoms. The monoisotopic (exact) mass is 233 g/mol. The molecule has 1 saturated heterocycles. The quantitative estimate of drug-likeness (QED) is 0.550. The van der Waals surface area contributed by atoms with Gasteiger partial charge in [0.05, 0.1) is 5.69 Å². The van der Waals surface area contributed by atoms with Gasteiger partial charge in [-0.25, -0.2) is 14.7 Å². The molecule has 1 heterocycles. The molecule has 4 amide bonds. The minimum Gasteiger partial charge on any atom is -0.262 e. The number of amides is 4. The molecular weight excluding hydrogens is 222 g/mol. The van der Waals surface area contributed by atoms with E-state index in [1.54, 1.807) is 30.3 Å². The van der Waals surface area contributed by atoms with Crippen LogP contribution in [0.5, 0.6) is 0 Å². The van der Waals surface area contributed by atoms with Crippen LogP contribution in [0, 0.1) is 0 Å². The summed E-state index contributed by atoms with van der Waals surface area (Å²) < 4.78 is 0. The van der Waals surface area contributed by atoms with Gasteiger partial charge in [0.1, 0.15) is 0 Å². The standard InChI is InChI=1S/C11H11N3O3/c1-12(2)14-10(16)9(15)13(11(14)17)8-6-4-3-5-7-8/h3-7H,1-2H3. The highest BCUT2D eigenvalue weighted by atomic mass is 16.2. The summed E-state index contributed by atoms with van der Waals surface area (Å²) in [6, 6.07) is 7.69. The second-order valence-electron chi connectivity index (χ2n) is 3.72. The van der Waals surface area contributed by atoms with E-state index in [1.165, 1.54) is 19.1 Å². The van der Waals surface area contributed by atoms with Crippen LogP contribution in [0.2, 0.25) is 0 Å². The molecular formula is C11H11N3O3. The average Bonchev–Trinajstić information content (AvgIpc) is 2.51. The minimum absolute atomic E-state index is 0.389. The number of nitrogens with zero attached hydrogens (tertiary/aromatic N) is 3. The van der Waals surface area contributed by atoms with E-state index >= 15 is 0 Å². The molecule has 88 valence electrons. The lowest BCUT2D eigenvalue weighted by Crippen LogP contribution is -2.42. The molecule has 1 fully saturated rings. The third-order valence-electron chi connectivity index (χ3n) is 2.37. The number of urea groups is 1. The van der Waals surface area contributed by atoms with Crippen LogP contribution in [0.3, 0.4) is 0 Å². The zero-order chi connectivity index (χ0) is 12.6. The Bertz CT molecular complexity index is 484. The summed E-state index contributed by atoms with van der Waals surface area (Å²) in [7, 11) is 3.05. The highest BCUT2D eigenvalue weighted by Gasteiger charge is 2.46. The van der Waals surface area contributed by atoms with Gasteiger partial charge in [0.2, 0.25) is 0 Å². The molecule has 6 heteroatoms. The van der Waals surface area contributed by atoms with Gasteiger partial charge < -0.3 is 0 Å². The number of carbonyl (C=O) groups is 3. The lowest BCUT2D eigenvalue weighted by molar-refractivity contribution is -0.145. The van der Waals surface area contributed by atoms with Crippen molar-refractivity contribution in [1.29, 1.82) is 0 Å². The van der Waals surface area contributed by atoms with Crippen molar-refractivity contribution in [2.75, 3.05) is 19.0 Å². The number of rotatable bonds is 2. The van der Waals surface area contributed by atoms with E-state index in [2.05, 4.69) is 0 Å². The smallest absolute Gasteiger partial charge is 0.262 e. The summed E-state index contributed by atoms with van der Waals surface area (Å²) in [5, 5.41) is 2.08. The second-order valence-corrected chi connectivity index (χ2v) is 3.72. The summed E-state index contributed by atoms with van der Waals surface area (Å²) in [5.74, 6) is -1.68. The Labute approximate surface area is 98.0 Å². The largest absolute Gasteiger partial charge is 0.353 e. The van der Waals surface area contributed by atoms with E-state index in [9.17, 15) is 14.4 Å². The first kappa shape index (κ1) is 11.3. The van der Waals surface area contributed by atoms with Gasteiger partial charge in [-0.3, -0.25) is 9.59 Å². The fourth-order valence-electron chi connectivity index (χ4n) is 1.61. The zero-order valence-corrected chi connectivity index (χ0v) is 9.45. The molecule has 6 nitrogen and oxygen atoms in total. The van der Waals surface area contributed by atoms with Gasteiger partial charge in [0.15, 0.2) is 0 Å². The van der Waals surface area contributed by atoms with Gasteiger partial charge in [-0.05, 0) is 12.1 Å². The Morgan fingerprint density at radius 2 is 1.53 bits per heavy atom. The van der Waals surface area contributed by atoms with Crippen molar-refractivity contribution in [3.05, 3.63) is 30.3 Å². The van der Waals surface area contributed by atoms with Crippen LogP contribution < -0.4 is 4.90 Å². The molecule has 1 aliphatic rings. The molecule has 0 bridgehead atoms. The van der Waals surface area contributed by atoms with E-state index in [0.717, 1.165) is 9.91 Å². The first-order valence-corrected chi connectivity index (χ1v) is 4.99. The maximum atomic E-state index is 11.9. The molecule has 0 atom stereocenters. The summed E-state index contributed by atoms with van der Waals surface area (Å²) in [5.41, 5.74) is 0.389. The Balaban J connectivity index is 2.41. The van der Waals surface area contributed by atoms with Gasteiger partial charge in [0.25, 0.3) is 0 Å². The Hall–Kier alpha value is -2.21. The third-order valence-corrected chi connectivity index (χ3v) is 2.37. The first-order valence-electron chi connectivity index (χ1n) is 4.99. The number of hydrazine groups is 1. The summed E-state index contributed by atoms with van der Waals surface area (Å²) in [6.45, 7) is 0. The van der Waals surface area contributed by atoms with Crippen molar-refractivity contribution in [3.8, 4) is 0 Å². The normalized spacial score (nSPS) is 16.3. The van der Waals surface area contributed by atoms with E-state index in [4.69, 9.17) is 0 Å². The zero-order valence-electron chi connectivity index (χ0n) is 9.45. The van der Waals surface area contributed by atoms with Crippen molar-refractivity contribution in [3.63, 3.8) is 0 Å². The van der Waals surface area contributed by atoms with Gasteiger partial charge in [-0.1, -0.05) is 18.2 Å². The maximum Gasteiger partial charge on any atom is 0.353 e. The van der Waals surface area contributed by atoms with E-state index in [-0.39, 0.29) is 0 Å². The molecule has 17 heavy (non-hydrogen) atoms. The highest BCUT2D eigenvalue weighted by Crippen LogP contribution is 2.21. The number of hydrogen-bond acceptors (Lipinski definition) is 4. The number of carbonyl (C=O) groups excluding carboxylic acids is 3. The van der Waals surface area contributed by atoms with Crippen molar-refractivity contribution < 1.29 is 14.4 Å². The molecule has 2 rings (SSSR count). The Morgan fingerprint density at radius 1 is 0.941 bits per heavy atom. The molecule has 0 aromatic heterocycles. The summed E-state index contributed by atoms with van der Waals surface area (Å²) in [6.07, 6.45) is 0. The Morgan fingerprint density at radius 3 is 2.00 bits per heavy atom. The maximum absolute atomic E-state index is 11.9. The summed E-state index contributed by atoms with van der Waals surface area (Å²) in [4.78, 5) is 36.1. The molecule has 0 aliphatic carbocycles. The van der Waals surface area contributed by atoms with Crippen LogP contribution in [0.15, 0.2) is 30.3 Å². The van der Waals surface area contributed by atoms with E-state index < -0.39 is 17.8 Å². The van der Waals surface area contributed by atoms with Crippen LogP contribution in [-0.4, -0.2) is 42.0 Å². The van der Waals surface area contributed by atoms with Crippen molar-refractivity contribution in [2.24, 2.45) is 0 Å². The van der Waals surface area contributed by atoms with Crippen LogP contribution >= 0.6 is 0 Å². The molecule has 0 unspecified atom stereocenters. The SMILES string of the molecule is CN(C)N1C(=O)C(=O)N(c2ccccc2)C1=O. The van der Waals surface area contributed by atoms with Gasteiger partial charge in [-0.2, -0.15) is 5.01 Å². The number of imide groups is 2. The van der Waals surface area contributed by atoms with Crippen molar-refractivity contribution >= 4 is 23.5 Å². The van der Waals surface area contributed by atoms with Crippen LogP contribution in [0.25, 0.3) is 0 Å². The van der Waals surface area contributed by atoms with Crippen LogP contribution in [-0.2, 0) is 9.59 Å². The molecule has 1 aromatic rings. The molecule has 0 saturated carbocycles. The molecule has 0 radical (unpaired) electrons. The molecule has 1 aliphatic heterocycles. The van der Waals surface area contributed by atoms with E-state index in [0.29, 0.717) is 5.69 Å². The predicted octanol–water partition coefficient (Wildman–Crippen LogP) is 0.458. The lowest BCUT2D eigenvalue weighted by atomic mass is 10.3. The number of benzene rings is 1. The van der Waals surface area contributed by atoms with Crippen molar-refractivity contribution in [2.45, 2.75) is 0 Å². The predicted molar refractivity (Wildman–Crippen MR) is 59.9 cm³/mol. The number of hydrogen-bond donors (Lipinski definition) is 0. The average molecular weight is 233 g/mol. The van der Waals surface area contributed by atoms with Crippen LogP contribution in [0.1, 0.15) is 0 Å². The Kier molecular flexibility index (Phi) is 2.64. The fraction of sp³-hybridized carbons (Fsp3) is 0.182. The topological polar surface area (TPSA) is 60.9 Å². The second kappa shape index (κ2) is 3.99. The molecule has 1 aromatic carbocycles. The highest BCUT2D eigenvalue weighted by molar-refractivity contribution is 6.52. The van der Waals surface area contributed by atoms with Gasteiger partial charge in [-0.15, -0.1) is 0 Å².